The Balaban J connectivity index is 1.88. The normalized spacial score (nSPS) is 11.8. The van der Waals surface area contributed by atoms with Crippen molar-refractivity contribution < 1.29 is 9.47 Å². The third-order valence-electron chi connectivity index (χ3n) is 4.20. The van der Waals surface area contributed by atoms with Gasteiger partial charge in [-0.25, -0.2) is 0 Å². The van der Waals surface area contributed by atoms with Crippen LogP contribution in [-0.2, 0) is 16.0 Å². The number of ether oxygens (including phenoxy) is 2. The quantitative estimate of drug-likeness (QED) is 0.686. The van der Waals surface area contributed by atoms with Gasteiger partial charge in [0.05, 0.1) is 0 Å². The summed E-state index contributed by atoms with van der Waals surface area (Å²) < 4.78 is 10.4. The zero-order chi connectivity index (χ0) is 15.5. The van der Waals surface area contributed by atoms with Gasteiger partial charge in [0.15, 0.2) is 6.29 Å². The monoisotopic (exact) mass is 298 g/mol. The minimum Gasteiger partial charge on any atom is -0.355 e. The number of aromatic nitrogens is 1. The first-order valence-corrected chi connectivity index (χ1v) is 7.49. The number of fused-ring (bicyclic) bond motifs is 3. The van der Waals surface area contributed by atoms with E-state index in [1.54, 1.807) is 14.2 Å². The number of hydrogen-bond donors (Lipinski definition) is 2. The van der Waals surface area contributed by atoms with Crippen molar-refractivity contribution in [3.63, 3.8) is 0 Å². The second-order valence-corrected chi connectivity index (χ2v) is 5.47. The van der Waals surface area contributed by atoms with Gasteiger partial charge < -0.3 is 19.8 Å². The zero-order valence-electron chi connectivity index (χ0n) is 13.3. The lowest BCUT2D eigenvalue weighted by Gasteiger charge is -2.15. The van der Waals surface area contributed by atoms with E-state index in [9.17, 15) is 0 Å². The summed E-state index contributed by atoms with van der Waals surface area (Å²) in [6, 6.07) is 12.8. The molecule has 0 aliphatic carbocycles. The van der Waals surface area contributed by atoms with E-state index in [0.29, 0.717) is 6.54 Å². The number of benzene rings is 2. The molecule has 0 unspecified atom stereocenters. The van der Waals surface area contributed by atoms with Crippen molar-refractivity contribution in [2.24, 2.45) is 0 Å². The molecule has 22 heavy (non-hydrogen) atoms. The van der Waals surface area contributed by atoms with Crippen LogP contribution < -0.4 is 5.32 Å². The molecule has 0 bridgehead atoms. The summed E-state index contributed by atoms with van der Waals surface area (Å²) in [7, 11) is 3.30. The highest BCUT2D eigenvalue weighted by Gasteiger charge is 2.10. The second kappa shape index (κ2) is 6.48. The fourth-order valence-electron chi connectivity index (χ4n) is 2.94. The Morgan fingerprint density at radius 3 is 2.59 bits per heavy atom. The first-order chi connectivity index (χ1) is 10.7. The van der Waals surface area contributed by atoms with E-state index in [1.165, 1.54) is 32.9 Å². The third kappa shape index (κ3) is 2.73. The van der Waals surface area contributed by atoms with Crippen LogP contribution >= 0.6 is 0 Å². The van der Waals surface area contributed by atoms with E-state index in [4.69, 9.17) is 9.47 Å². The SMILES string of the molecule is COC(CNCc1ccc2[nH]c3ccccc3c2c1C)OC. The van der Waals surface area contributed by atoms with Gasteiger partial charge in [-0.05, 0) is 30.2 Å². The Hall–Kier alpha value is -1.88. The molecule has 3 rings (SSSR count). The van der Waals surface area contributed by atoms with E-state index in [1.807, 2.05) is 0 Å². The Bertz CT molecular complexity index is 775. The number of rotatable bonds is 6. The molecule has 0 radical (unpaired) electrons. The van der Waals surface area contributed by atoms with E-state index in [-0.39, 0.29) is 6.29 Å². The topological polar surface area (TPSA) is 46.3 Å². The molecule has 0 saturated carbocycles. The fourth-order valence-corrected chi connectivity index (χ4v) is 2.94. The molecule has 0 fully saturated rings. The number of H-pyrrole nitrogens is 1. The van der Waals surface area contributed by atoms with Crippen LogP contribution in [0.15, 0.2) is 36.4 Å². The summed E-state index contributed by atoms with van der Waals surface area (Å²) in [5.74, 6) is 0. The maximum Gasteiger partial charge on any atom is 0.169 e. The van der Waals surface area contributed by atoms with E-state index in [0.717, 1.165) is 6.54 Å². The summed E-state index contributed by atoms with van der Waals surface area (Å²) in [5.41, 5.74) is 4.98. The molecule has 4 heteroatoms. The van der Waals surface area contributed by atoms with Crippen molar-refractivity contribution in [3.05, 3.63) is 47.5 Å². The Labute approximate surface area is 130 Å². The number of para-hydroxylation sites is 1. The highest BCUT2D eigenvalue weighted by Crippen LogP contribution is 2.29. The van der Waals surface area contributed by atoms with Crippen LogP contribution in [0.5, 0.6) is 0 Å². The predicted octanol–water partition coefficient (Wildman–Crippen LogP) is 3.34. The van der Waals surface area contributed by atoms with Crippen molar-refractivity contribution >= 4 is 21.8 Å². The first kappa shape index (κ1) is 15.0. The summed E-state index contributed by atoms with van der Waals surface area (Å²) in [4.78, 5) is 3.48. The van der Waals surface area contributed by atoms with Crippen LogP contribution in [0.4, 0.5) is 0 Å². The molecule has 0 saturated heterocycles. The van der Waals surface area contributed by atoms with E-state index >= 15 is 0 Å². The molecule has 0 aliphatic heterocycles. The van der Waals surface area contributed by atoms with Crippen LogP contribution in [0.1, 0.15) is 11.1 Å². The second-order valence-electron chi connectivity index (χ2n) is 5.47. The molecule has 1 heterocycles. The lowest BCUT2D eigenvalue weighted by Crippen LogP contribution is -2.29. The van der Waals surface area contributed by atoms with Crippen molar-refractivity contribution in [3.8, 4) is 0 Å². The van der Waals surface area contributed by atoms with Crippen LogP contribution in [-0.4, -0.2) is 32.0 Å². The minimum atomic E-state index is -0.211. The predicted molar refractivity (Wildman–Crippen MR) is 90.1 cm³/mol. The van der Waals surface area contributed by atoms with Gasteiger partial charge in [0.2, 0.25) is 0 Å². The number of methoxy groups -OCH3 is 2. The Morgan fingerprint density at radius 2 is 1.82 bits per heavy atom. The molecule has 2 aromatic carbocycles. The smallest absolute Gasteiger partial charge is 0.169 e. The standard InChI is InChI=1S/C18H22N2O2/c1-12-13(10-19-11-17(21-2)22-3)8-9-16-18(12)14-6-4-5-7-15(14)20-16/h4-9,17,19-20H,10-11H2,1-3H3. The highest BCUT2D eigenvalue weighted by atomic mass is 16.7. The van der Waals surface area contributed by atoms with Gasteiger partial charge in [0.1, 0.15) is 0 Å². The summed E-state index contributed by atoms with van der Waals surface area (Å²) in [6.07, 6.45) is -0.211. The Kier molecular flexibility index (Phi) is 4.43. The van der Waals surface area contributed by atoms with Crippen molar-refractivity contribution in [1.29, 1.82) is 0 Å². The first-order valence-electron chi connectivity index (χ1n) is 7.49. The average molecular weight is 298 g/mol. The minimum absolute atomic E-state index is 0.211. The van der Waals surface area contributed by atoms with Gasteiger partial charge in [-0.3, -0.25) is 0 Å². The van der Waals surface area contributed by atoms with Crippen LogP contribution in [0.3, 0.4) is 0 Å². The summed E-state index contributed by atoms with van der Waals surface area (Å²) in [6.45, 7) is 3.65. The van der Waals surface area contributed by atoms with Gasteiger partial charge in [-0.2, -0.15) is 0 Å². The van der Waals surface area contributed by atoms with Gasteiger partial charge >= 0.3 is 0 Å². The summed E-state index contributed by atoms with van der Waals surface area (Å²) >= 11 is 0. The van der Waals surface area contributed by atoms with Crippen LogP contribution in [0.2, 0.25) is 0 Å². The van der Waals surface area contributed by atoms with Gasteiger partial charge in [0, 0.05) is 49.1 Å². The molecule has 0 amide bonds. The van der Waals surface area contributed by atoms with Gasteiger partial charge in [-0.1, -0.05) is 24.3 Å². The average Bonchev–Trinajstić information content (AvgIpc) is 2.93. The van der Waals surface area contributed by atoms with Crippen molar-refractivity contribution in [2.75, 3.05) is 20.8 Å². The molecule has 0 atom stereocenters. The highest BCUT2D eigenvalue weighted by molar-refractivity contribution is 6.09. The Morgan fingerprint density at radius 1 is 1.05 bits per heavy atom. The molecular formula is C18H22N2O2. The number of aromatic amines is 1. The van der Waals surface area contributed by atoms with Crippen molar-refractivity contribution in [2.45, 2.75) is 19.8 Å². The van der Waals surface area contributed by atoms with Crippen LogP contribution in [0.25, 0.3) is 21.8 Å². The number of nitrogens with one attached hydrogen (secondary N) is 2. The largest absolute Gasteiger partial charge is 0.355 e. The molecule has 0 aliphatic rings. The maximum atomic E-state index is 5.19. The lowest BCUT2D eigenvalue weighted by molar-refractivity contribution is -0.0989. The molecule has 2 N–H and O–H groups in total. The molecule has 116 valence electrons. The van der Waals surface area contributed by atoms with E-state index in [2.05, 4.69) is 53.6 Å². The lowest BCUT2D eigenvalue weighted by atomic mass is 10.0. The van der Waals surface area contributed by atoms with Crippen LogP contribution in [0, 0.1) is 6.92 Å². The number of aryl methyl sites for hydroxylation is 1. The molecule has 4 nitrogen and oxygen atoms in total. The third-order valence-corrected chi connectivity index (χ3v) is 4.20. The molecule has 0 spiro atoms. The molecular weight excluding hydrogens is 276 g/mol. The number of hydrogen-bond acceptors (Lipinski definition) is 3. The van der Waals surface area contributed by atoms with Crippen molar-refractivity contribution in [1.82, 2.24) is 10.3 Å². The van der Waals surface area contributed by atoms with E-state index < -0.39 is 0 Å². The van der Waals surface area contributed by atoms with Gasteiger partial charge in [0.25, 0.3) is 0 Å². The molecule has 1 aromatic heterocycles. The zero-order valence-corrected chi connectivity index (χ0v) is 13.3. The fraction of sp³-hybridized carbons (Fsp3) is 0.333. The maximum absolute atomic E-state index is 5.19. The van der Waals surface area contributed by atoms with Gasteiger partial charge in [-0.15, -0.1) is 0 Å². The summed E-state index contributed by atoms with van der Waals surface area (Å²) in [5, 5.41) is 5.98. The molecule has 3 aromatic rings.